The van der Waals surface area contributed by atoms with Gasteiger partial charge in [-0.3, -0.25) is 9.59 Å². The van der Waals surface area contributed by atoms with Gasteiger partial charge in [-0.25, -0.2) is 4.63 Å². The first-order valence-corrected chi connectivity index (χ1v) is 6.18. The summed E-state index contributed by atoms with van der Waals surface area (Å²) in [6.45, 7) is 3.54. The number of carboxylic acids is 1. The first kappa shape index (κ1) is 12.6. The summed E-state index contributed by atoms with van der Waals surface area (Å²) >= 11 is 0. The Morgan fingerprint density at radius 1 is 1.30 bits per heavy atom. The molecule has 0 aliphatic heterocycles. The maximum absolute atomic E-state index is 12.2. The van der Waals surface area contributed by atoms with Crippen LogP contribution in [0.2, 0.25) is 0 Å². The topological polar surface area (TPSA) is 105 Å². The monoisotopic (exact) mass is 275 g/mol. The largest absolute Gasteiger partial charge is 0.481 e. The lowest BCUT2D eigenvalue weighted by molar-refractivity contribution is -0.140. The minimum absolute atomic E-state index is 0.321. The Bertz CT molecular complexity index is 706. The predicted molar refractivity (Wildman–Crippen MR) is 68.8 cm³/mol. The quantitative estimate of drug-likeness (QED) is 0.879. The highest BCUT2D eigenvalue weighted by atomic mass is 16.6. The lowest BCUT2D eigenvalue weighted by atomic mass is 10.1. The number of nitrogens with one attached hydrogen (secondary N) is 1. The molecular weight excluding hydrogens is 262 g/mol. The van der Waals surface area contributed by atoms with Crippen LogP contribution in [0.3, 0.4) is 0 Å². The molecule has 0 saturated heterocycles. The van der Waals surface area contributed by atoms with Crippen LogP contribution in [0.5, 0.6) is 0 Å². The van der Waals surface area contributed by atoms with E-state index in [0.29, 0.717) is 16.7 Å². The summed E-state index contributed by atoms with van der Waals surface area (Å²) in [5, 5.41) is 19.2. The molecule has 2 N–H and O–H groups in total. The molecule has 2 atom stereocenters. The first-order chi connectivity index (χ1) is 9.43. The van der Waals surface area contributed by atoms with Gasteiger partial charge in [0.05, 0.1) is 17.5 Å². The number of anilines is 1. The smallest absolute Gasteiger partial charge is 0.307 e. The van der Waals surface area contributed by atoms with Crippen molar-refractivity contribution < 1.29 is 19.3 Å². The fourth-order valence-electron chi connectivity index (χ4n) is 2.71. The van der Waals surface area contributed by atoms with Crippen LogP contribution in [0.25, 0.3) is 11.0 Å². The number of rotatable bonds is 3. The molecule has 1 aliphatic rings. The van der Waals surface area contributed by atoms with Crippen LogP contribution in [0, 0.1) is 17.3 Å². The predicted octanol–water partition coefficient (Wildman–Crippen LogP) is 1.52. The van der Waals surface area contributed by atoms with Gasteiger partial charge in [0.25, 0.3) is 0 Å². The summed E-state index contributed by atoms with van der Waals surface area (Å²) in [4.78, 5) is 23.3. The van der Waals surface area contributed by atoms with Crippen LogP contribution in [0.1, 0.15) is 13.8 Å². The molecule has 1 aromatic heterocycles. The molecule has 7 nitrogen and oxygen atoms in total. The molecule has 7 heteroatoms. The zero-order valence-electron chi connectivity index (χ0n) is 11.0. The fourth-order valence-corrected chi connectivity index (χ4v) is 2.71. The van der Waals surface area contributed by atoms with Gasteiger partial charge in [0, 0.05) is 0 Å². The second-order valence-corrected chi connectivity index (χ2v) is 5.54. The Morgan fingerprint density at radius 3 is 2.70 bits per heavy atom. The highest BCUT2D eigenvalue weighted by Gasteiger charge is 2.65. The third-order valence-electron chi connectivity index (χ3n) is 3.92. The summed E-state index contributed by atoms with van der Waals surface area (Å²) < 4.78 is 4.62. The summed E-state index contributed by atoms with van der Waals surface area (Å²) in [5.74, 6) is -2.47. The van der Waals surface area contributed by atoms with Crippen molar-refractivity contribution in [1.29, 1.82) is 0 Å². The number of aromatic nitrogens is 2. The van der Waals surface area contributed by atoms with Crippen LogP contribution >= 0.6 is 0 Å². The molecule has 1 heterocycles. The number of benzene rings is 1. The summed E-state index contributed by atoms with van der Waals surface area (Å²) in [5.41, 5.74) is 0.922. The van der Waals surface area contributed by atoms with Crippen molar-refractivity contribution in [2.24, 2.45) is 17.3 Å². The zero-order valence-corrected chi connectivity index (χ0v) is 11.0. The van der Waals surface area contributed by atoms with Crippen LogP contribution in [-0.2, 0) is 9.59 Å². The van der Waals surface area contributed by atoms with E-state index in [4.69, 9.17) is 5.11 Å². The molecule has 1 amide bonds. The third-order valence-corrected chi connectivity index (χ3v) is 3.92. The minimum Gasteiger partial charge on any atom is -0.481 e. The molecule has 0 radical (unpaired) electrons. The van der Waals surface area contributed by atoms with E-state index in [1.807, 2.05) is 0 Å². The van der Waals surface area contributed by atoms with E-state index in [1.165, 1.54) is 0 Å². The number of aliphatic carboxylic acids is 1. The van der Waals surface area contributed by atoms with Gasteiger partial charge in [-0.05, 0) is 27.9 Å². The normalized spacial score (nSPS) is 23.5. The standard InChI is InChI=1S/C13H13N3O4/c1-13(2)8(9(13)12(18)19)11(17)14-6-4-3-5-7-10(6)16-20-15-7/h3-5,8-9H,1-2H3,(H,14,17)(H,18,19). The van der Waals surface area contributed by atoms with Gasteiger partial charge < -0.3 is 10.4 Å². The average Bonchev–Trinajstić information content (AvgIpc) is 2.73. The lowest BCUT2D eigenvalue weighted by Crippen LogP contribution is -2.17. The number of nitrogens with zero attached hydrogens (tertiary/aromatic N) is 2. The van der Waals surface area contributed by atoms with E-state index < -0.39 is 23.2 Å². The van der Waals surface area contributed by atoms with Crippen molar-refractivity contribution in [3.05, 3.63) is 18.2 Å². The third kappa shape index (κ3) is 1.74. The van der Waals surface area contributed by atoms with Crippen molar-refractivity contribution in [3.8, 4) is 0 Å². The summed E-state index contributed by atoms with van der Waals surface area (Å²) in [7, 11) is 0. The van der Waals surface area contributed by atoms with Crippen molar-refractivity contribution in [2.75, 3.05) is 5.32 Å². The summed E-state index contributed by atoms with van der Waals surface area (Å²) in [6, 6.07) is 5.10. The number of carbonyl (C=O) groups excluding carboxylic acids is 1. The molecule has 2 unspecified atom stereocenters. The lowest BCUT2D eigenvalue weighted by Gasteiger charge is -2.05. The maximum atomic E-state index is 12.2. The molecule has 1 aliphatic carbocycles. The van der Waals surface area contributed by atoms with Crippen molar-refractivity contribution >= 4 is 28.6 Å². The van der Waals surface area contributed by atoms with E-state index in [0.717, 1.165) is 0 Å². The number of carboxylic acid groups (broad SMARTS) is 1. The highest BCUT2D eigenvalue weighted by molar-refractivity contribution is 6.03. The Balaban J connectivity index is 1.84. The van der Waals surface area contributed by atoms with Crippen LogP contribution in [-0.4, -0.2) is 27.3 Å². The van der Waals surface area contributed by atoms with Crippen LogP contribution < -0.4 is 5.32 Å². The Morgan fingerprint density at radius 2 is 2.05 bits per heavy atom. The molecule has 0 bridgehead atoms. The number of carbonyl (C=O) groups is 2. The average molecular weight is 275 g/mol. The Hall–Kier alpha value is -2.44. The van der Waals surface area contributed by atoms with Crippen LogP contribution in [0.4, 0.5) is 5.69 Å². The Labute approximate surface area is 113 Å². The molecule has 1 aromatic carbocycles. The highest BCUT2D eigenvalue weighted by Crippen LogP contribution is 2.58. The number of hydrogen-bond acceptors (Lipinski definition) is 5. The zero-order chi connectivity index (χ0) is 14.5. The van der Waals surface area contributed by atoms with Gasteiger partial charge in [-0.1, -0.05) is 19.9 Å². The van der Waals surface area contributed by atoms with E-state index in [1.54, 1.807) is 32.0 Å². The SMILES string of the molecule is CC1(C)C(C(=O)O)C1C(=O)Nc1cccc2nonc12. The number of fused-ring (bicyclic) bond motifs is 1. The maximum Gasteiger partial charge on any atom is 0.307 e. The van der Waals surface area contributed by atoms with Gasteiger partial charge in [-0.2, -0.15) is 0 Å². The van der Waals surface area contributed by atoms with Gasteiger partial charge >= 0.3 is 5.97 Å². The molecule has 1 saturated carbocycles. The van der Waals surface area contributed by atoms with Crippen molar-refractivity contribution in [2.45, 2.75) is 13.8 Å². The molecule has 0 spiro atoms. The molecular formula is C13H13N3O4. The van der Waals surface area contributed by atoms with Gasteiger partial charge in [0.2, 0.25) is 5.91 Å². The summed E-state index contributed by atoms with van der Waals surface area (Å²) in [6.07, 6.45) is 0. The van der Waals surface area contributed by atoms with Gasteiger partial charge in [-0.15, -0.1) is 0 Å². The van der Waals surface area contributed by atoms with E-state index >= 15 is 0 Å². The van der Waals surface area contributed by atoms with Crippen molar-refractivity contribution in [1.82, 2.24) is 10.3 Å². The number of hydrogen-bond donors (Lipinski definition) is 2. The molecule has 3 rings (SSSR count). The molecule has 2 aromatic rings. The fraction of sp³-hybridized carbons (Fsp3) is 0.385. The van der Waals surface area contributed by atoms with Gasteiger partial charge in [0.15, 0.2) is 5.52 Å². The molecule has 1 fully saturated rings. The number of amides is 1. The van der Waals surface area contributed by atoms with Crippen LogP contribution in [0.15, 0.2) is 22.8 Å². The first-order valence-electron chi connectivity index (χ1n) is 6.18. The Kier molecular flexibility index (Phi) is 2.53. The van der Waals surface area contributed by atoms with E-state index in [-0.39, 0.29) is 5.91 Å². The minimum atomic E-state index is -0.948. The second kappa shape index (κ2) is 4.03. The van der Waals surface area contributed by atoms with Crippen molar-refractivity contribution in [3.63, 3.8) is 0 Å². The van der Waals surface area contributed by atoms with Gasteiger partial charge in [0.1, 0.15) is 5.52 Å². The molecule has 104 valence electrons. The molecule has 20 heavy (non-hydrogen) atoms. The van der Waals surface area contributed by atoms with E-state index in [9.17, 15) is 9.59 Å². The second-order valence-electron chi connectivity index (χ2n) is 5.54. The van der Waals surface area contributed by atoms with E-state index in [2.05, 4.69) is 20.3 Å².